The number of H-pyrrole nitrogens is 1. The van der Waals surface area contributed by atoms with Crippen LogP contribution >= 0.6 is 0 Å². The Balaban J connectivity index is 0.000000479. The molecular weight excluding hydrogens is 390 g/mol. The molecule has 0 bridgehead atoms. The number of azo groups is 1. The summed E-state index contributed by atoms with van der Waals surface area (Å²) < 4.78 is 5.25. The molecule has 5 N–H and O–H groups in total. The zero-order valence-electron chi connectivity index (χ0n) is 17.0. The Labute approximate surface area is 174 Å². The van der Waals surface area contributed by atoms with Gasteiger partial charge in [0.25, 0.3) is 0 Å². The summed E-state index contributed by atoms with van der Waals surface area (Å²) in [7, 11) is 1.66. The van der Waals surface area contributed by atoms with Gasteiger partial charge in [-0.15, -0.1) is 5.11 Å². The lowest BCUT2D eigenvalue weighted by atomic mass is 10.1. The number of aliphatic carboxylic acids is 2. The Bertz CT molecular complexity index is 901. The van der Waals surface area contributed by atoms with Gasteiger partial charge in [-0.2, -0.15) is 5.11 Å². The number of nitrogens with one attached hydrogen (secondary N) is 1. The van der Waals surface area contributed by atoms with E-state index < -0.39 is 11.9 Å². The second-order valence-electron chi connectivity index (χ2n) is 6.08. The van der Waals surface area contributed by atoms with Crippen molar-refractivity contribution in [3.63, 3.8) is 0 Å². The summed E-state index contributed by atoms with van der Waals surface area (Å²) in [5.74, 6) is -1.45. The predicted molar refractivity (Wildman–Crippen MR) is 114 cm³/mol. The van der Waals surface area contributed by atoms with E-state index in [1.165, 1.54) is 6.42 Å². The maximum Gasteiger partial charge on any atom is 0.328 e. The number of carbonyl (C=O) groups is 2. The van der Waals surface area contributed by atoms with Crippen LogP contribution in [0.25, 0.3) is 10.9 Å². The molecule has 2 aromatic rings. The van der Waals surface area contributed by atoms with Crippen molar-refractivity contribution in [2.75, 3.05) is 13.7 Å². The third-order valence-corrected chi connectivity index (χ3v) is 3.79. The summed E-state index contributed by atoms with van der Waals surface area (Å²) in [6.07, 6.45) is 6.41. The smallest absolute Gasteiger partial charge is 0.328 e. The lowest BCUT2D eigenvalue weighted by molar-refractivity contribution is -0.134. The van der Waals surface area contributed by atoms with E-state index in [4.69, 9.17) is 20.7 Å². The van der Waals surface area contributed by atoms with Crippen molar-refractivity contribution in [3.8, 4) is 5.75 Å². The Morgan fingerprint density at radius 1 is 1.20 bits per heavy atom. The molecule has 0 radical (unpaired) electrons. The van der Waals surface area contributed by atoms with Gasteiger partial charge in [-0.25, -0.2) is 9.59 Å². The van der Waals surface area contributed by atoms with Crippen LogP contribution in [0.2, 0.25) is 0 Å². The summed E-state index contributed by atoms with van der Waals surface area (Å²) in [5.41, 5.74) is 7.82. The maximum absolute atomic E-state index is 9.55. The predicted octanol–water partition coefficient (Wildman–Crippen LogP) is 3.35. The zero-order valence-corrected chi connectivity index (χ0v) is 17.0. The SMILES string of the molecule is CCCCCN=C(N)N=NCc1c[nH]c2ccc(OC)cc12.O=C(O)C=CC(=O)O. The fourth-order valence-electron chi connectivity index (χ4n) is 2.33. The Morgan fingerprint density at radius 3 is 2.50 bits per heavy atom. The Hall–Kier alpha value is -3.69. The molecule has 0 fully saturated rings. The van der Waals surface area contributed by atoms with E-state index in [1.807, 2.05) is 24.4 Å². The molecule has 0 saturated carbocycles. The lowest BCUT2D eigenvalue weighted by Crippen LogP contribution is -2.08. The minimum Gasteiger partial charge on any atom is -0.497 e. The first-order valence-electron chi connectivity index (χ1n) is 9.32. The van der Waals surface area contributed by atoms with Crippen LogP contribution in [0.3, 0.4) is 0 Å². The number of ether oxygens (including phenoxy) is 1. The van der Waals surface area contributed by atoms with Gasteiger partial charge in [0.15, 0.2) is 0 Å². The molecular formula is C20H27N5O5. The largest absolute Gasteiger partial charge is 0.497 e. The van der Waals surface area contributed by atoms with Crippen molar-refractivity contribution in [3.05, 3.63) is 42.1 Å². The van der Waals surface area contributed by atoms with Crippen molar-refractivity contribution >= 4 is 28.8 Å². The number of rotatable bonds is 9. The van der Waals surface area contributed by atoms with E-state index in [1.54, 1.807) is 7.11 Å². The highest BCUT2D eigenvalue weighted by Gasteiger charge is 2.04. The first-order valence-corrected chi connectivity index (χ1v) is 9.32. The molecule has 2 rings (SSSR count). The number of carboxylic acid groups (broad SMARTS) is 2. The molecule has 1 aromatic heterocycles. The van der Waals surface area contributed by atoms with E-state index in [0.717, 1.165) is 35.1 Å². The number of hydrogen-bond donors (Lipinski definition) is 4. The normalized spacial score (nSPS) is 11.6. The molecule has 1 aromatic carbocycles. The number of aliphatic imine (C=N–C) groups is 1. The number of aromatic amines is 1. The Morgan fingerprint density at radius 2 is 1.90 bits per heavy atom. The molecule has 162 valence electrons. The molecule has 0 unspecified atom stereocenters. The second kappa shape index (κ2) is 13.5. The molecule has 10 heteroatoms. The number of aromatic nitrogens is 1. The van der Waals surface area contributed by atoms with Crippen LogP contribution in [0.15, 0.2) is 51.8 Å². The van der Waals surface area contributed by atoms with E-state index in [0.29, 0.717) is 25.2 Å². The molecule has 0 saturated heterocycles. The Kier molecular flexibility index (Phi) is 10.9. The molecule has 0 spiro atoms. The number of nitrogens with zero attached hydrogens (tertiary/aromatic N) is 3. The lowest BCUT2D eigenvalue weighted by Gasteiger charge is -2.00. The van der Waals surface area contributed by atoms with Crippen LogP contribution in [0.4, 0.5) is 0 Å². The highest BCUT2D eigenvalue weighted by Crippen LogP contribution is 2.24. The van der Waals surface area contributed by atoms with Gasteiger partial charge < -0.3 is 25.7 Å². The second-order valence-corrected chi connectivity index (χ2v) is 6.08. The first kappa shape index (κ1) is 24.3. The van der Waals surface area contributed by atoms with Crippen LogP contribution < -0.4 is 10.5 Å². The quantitative estimate of drug-likeness (QED) is 0.161. The van der Waals surface area contributed by atoms with E-state index in [-0.39, 0.29) is 5.96 Å². The average molecular weight is 417 g/mol. The fraction of sp³-hybridized carbons (Fsp3) is 0.350. The number of nitrogens with two attached hydrogens (primary N) is 1. The van der Waals surface area contributed by atoms with Crippen LogP contribution in [0, 0.1) is 0 Å². The average Bonchev–Trinajstić information content (AvgIpc) is 3.12. The molecule has 30 heavy (non-hydrogen) atoms. The van der Waals surface area contributed by atoms with E-state index in [2.05, 4.69) is 27.1 Å². The van der Waals surface area contributed by atoms with Gasteiger partial charge in [-0.1, -0.05) is 19.8 Å². The van der Waals surface area contributed by atoms with Gasteiger partial charge in [0.05, 0.1) is 13.7 Å². The molecule has 10 nitrogen and oxygen atoms in total. The summed E-state index contributed by atoms with van der Waals surface area (Å²) in [6.45, 7) is 3.32. The maximum atomic E-state index is 9.55. The van der Waals surface area contributed by atoms with Crippen LogP contribution in [-0.2, 0) is 16.1 Å². The van der Waals surface area contributed by atoms with Gasteiger partial charge in [0, 0.05) is 41.4 Å². The topological polar surface area (TPSA) is 163 Å². The molecule has 0 aliphatic carbocycles. The zero-order chi connectivity index (χ0) is 22.4. The molecule has 1 heterocycles. The molecule has 0 amide bonds. The summed E-state index contributed by atoms with van der Waals surface area (Å²) >= 11 is 0. The number of methoxy groups -OCH3 is 1. The number of guanidine groups is 1. The third-order valence-electron chi connectivity index (χ3n) is 3.79. The number of unbranched alkanes of at least 4 members (excludes halogenated alkanes) is 2. The first-order chi connectivity index (χ1) is 14.4. The third kappa shape index (κ3) is 9.49. The summed E-state index contributed by atoms with van der Waals surface area (Å²) in [4.78, 5) is 26.5. The molecule has 0 aliphatic heterocycles. The number of benzene rings is 1. The van der Waals surface area contributed by atoms with Crippen molar-refractivity contribution in [1.82, 2.24) is 4.98 Å². The minimum atomic E-state index is -1.26. The van der Waals surface area contributed by atoms with Crippen molar-refractivity contribution in [1.29, 1.82) is 0 Å². The standard InChI is InChI=1S/C16H23N5O.C4H4O4/c1-3-4-5-8-18-16(17)21-20-11-12-10-19-15-7-6-13(22-2)9-14(12)15;5-3(6)1-2-4(7)8/h6-7,9-10,19H,3-5,8,11H2,1-2H3,(H2,17,18);1-2H,(H,5,6)(H,7,8). The van der Waals surface area contributed by atoms with Gasteiger partial charge in [0.1, 0.15) is 5.75 Å². The van der Waals surface area contributed by atoms with Gasteiger partial charge in [0.2, 0.25) is 5.96 Å². The van der Waals surface area contributed by atoms with Gasteiger partial charge in [-0.05, 0) is 24.6 Å². The van der Waals surface area contributed by atoms with Crippen LogP contribution in [0.1, 0.15) is 31.7 Å². The van der Waals surface area contributed by atoms with Crippen LogP contribution in [-0.4, -0.2) is 46.7 Å². The van der Waals surface area contributed by atoms with Crippen molar-refractivity contribution in [2.24, 2.45) is 21.0 Å². The van der Waals surface area contributed by atoms with E-state index in [9.17, 15) is 9.59 Å². The van der Waals surface area contributed by atoms with Crippen molar-refractivity contribution < 1.29 is 24.5 Å². The fourth-order valence-corrected chi connectivity index (χ4v) is 2.33. The van der Waals surface area contributed by atoms with Crippen LogP contribution in [0.5, 0.6) is 5.75 Å². The monoisotopic (exact) mass is 417 g/mol. The van der Waals surface area contributed by atoms with E-state index >= 15 is 0 Å². The molecule has 0 aliphatic rings. The highest BCUT2D eigenvalue weighted by molar-refractivity contribution is 5.89. The summed E-state index contributed by atoms with van der Waals surface area (Å²) in [6, 6.07) is 5.89. The van der Waals surface area contributed by atoms with Crippen molar-refractivity contribution in [2.45, 2.75) is 32.7 Å². The number of carboxylic acids is 2. The van der Waals surface area contributed by atoms with Gasteiger partial charge >= 0.3 is 11.9 Å². The number of hydrogen-bond acceptors (Lipinski definition) is 5. The summed E-state index contributed by atoms with van der Waals surface area (Å²) in [5, 5.41) is 24.8. The minimum absolute atomic E-state index is 0.244. The number of fused-ring (bicyclic) bond motifs is 1. The van der Waals surface area contributed by atoms with Gasteiger partial charge in [-0.3, -0.25) is 4.99 Å². The highest BCUT2D eigenvalue weighted by atomic mass is 16.5. The molecule has 0 atom stereocenters.